The molecule has 0 aliphatic heterocycles. The van der Waals surface area contributed by atoms with E-state index in [0.29, 0.717) is 0 Å². The average Bonchev–Trinajstić information content (AvgIpc) is 3.35. The number of hydrogen-bond acceptors (Lipinski definition) is 2. The lowest BCUT2D eigenvalue weighted by Crippen LogP contribution is -2.38. The maximum absolute atomic E-state index is 9.99. The SMILES string of the molecule is OCCCC1(CC2(CCCO)c3ccccc3-c3ccccc32)c2ccccc2-c2ccccc21. The Balaban J connectivity index is 1.63. The largest absolute Gasteiger partial charge is 0.396 e. The molecule has 0 radical (unpaired) electrons. The van der Waals surface area contributed by atoms with Crippen molar-refractivity contribution in [1.29, 1.82) is 0 Å². The fourth-order valence-electron chi connectivity index (χ4n) is 7.20. The summed E-state index contributed by atoms with van der Waals surface area (Å²) in [6.45, 7) is 0.367. The highest BCUT2D eigenvalue weighted by molar-refractivity contribution is 5.84. The van der Waals surface area contributed by atoms with Crippen molar-refractivity contribution in [3.05, 3.63) is 119 Å². The number of hydrogen-bond donors (Lipinski definition) is 2. The predicted molar refractivity (Wildman–Crippen MR) is 143 cm³/mol. The van der Waals surface area contributed by atoms with E-state index in [1.807, 2.05) is 0 Å². The molecule has 2 nitrogen and oxygen atoms in total. The molecule has 0 unspecified atom stereocenters. The van der Waals surface area contributed by atoms with Gasteiger partial charge in [0.1, 0.15) is 0 Å². The van der Waals surface area contributed by atoms with E-state index in [4.69, 9.17) is 0 Å². The van der Waals surface area contributed by atoms with Gasteiger partial charge in [0.05, 0.1) is 0 Å². The van der Waals surface area contributed by atoms with E-state index in [1.54, 1.807) is 0 Å². The molecule has 2 aliphatic carbocycles. The minimum Gasteiger partial charge on any atom is -0.396 e. The van der Waals surface area contributed by atoms with Gasteiger partial charge >= 0.3 is 0 Å². The molecule has 176 valence electrons. The lowest BCUT2D eigenvalue weighted by molar-refractivity contribution is 0.237. The number of benzene rings is 4. The first-order valence-corrected chi connectivity index (χ1v) is 12.9. The second-order valence-corrected chi connectivity index (χ2v) is 10.2. The summed E-state index contributed by atoms with van der Waals surface area (Å²) in [5.41, 5.74) is 10.3. The second-order valence-electron chi connectivity index (χ2n) is 10.2. The Bertz CT molecular complexity index is 1170. The Morgan fingerprint density at radius 1 is 0.429 bits per heavy atom. The summed E-state index contributed by atoms with van der Waals surface area (Å²) in [6, 6.07) is 35.4. The molecule has 4 aromatic rings. The number of fused-ring (bicyclic) bond motifs is 6. The van der Waals surface area contributed by atoms with E-state index in [9.17, 15) is 10.2 Å². The Kier molecular flexibility index (Phi) is 5.59. The predicted octanol–water partition coefficient (Wildman–Crippen LogP) is 6.85. The Morgan fingerprint density at radius 3 is 1.00 bits per heavy atom. The molecule has 0 atom stereocenters. The van der Waals surface area contributed by atoms with Gasteiger partial charge in [0.25, 0.3) is 0 Å². The van der Waals surface area contributed by atoms with E-state index in [0.717, 1.165) is 32.1 Å². The lowest BCUT2D eigenvalue weighted by Gasteiger charge is -2.43. The van der Waals surface area contributed by atoms with Crippen molar-refractivity contribution in [2.45, 2.75) is 42.9 Å². The Morgan fingerprint density at radius 2 is 0.714 bits per heavy atom. The third kappa shape index (κ3) is 3.24. The van der Waals surface area contributed by atoms with Gasteiger partial charge in [0.15, 0.2) is 0 Å². The van der Waals surface area contributed by atoms with Crippen LogP contribution in [0.3, 0.4) is 0 Å². The zero-order chi connectivity index (χ0) is 23.9. The van der Waals surface area contributed by atoms with Gasteiger partial charge < -0.3 is 10.2 Å². The molecule has 2 heteroatoms. The fourth-order valence-corrected chi connectivity index (χ4v) is 7.20. The van der Waals surface area contributed by atoms with Gasteiger partial charge in [-0.2, -0.15) is 0 Å². The molecular formula is C33H32O2. The maximum atomic E-state index is 9.99. The number of rotatable bonds is 8. The zero-order valence-electron chi connectivity index (χ0n) is 20.1. The number of aliphatic hydroxyl groups excluding tert-OH is 2. The fraction of sp³-hybridized carbons (Fsp3) is 0.273. The van der Waals surface area contributed by atoms with Crippen molar-refractivity contribution in [2.24, 2.45) is 0 Å². The molecule has 0 heterocycles. The van der Waals surface area contributed by atoms with E-state index in [2.05, 4.69) is 97.1 Å². The third-order valence-electron chi connectivity index (χ3n) is 8.48. The Labute approximate surface area is 207 Å². The smallest absolute Gasteiger partial charge is 0.0431 e. The molecule has 4 aromatic carbocycles. The van der Waals surface area contributed by atoms with Crippen LogP contribution in [0.4, 0.5) is 0 Å². The van der Waals surface area contributed by atoms with Gasteiger partial charge in [-0.1, -0.05) is 97.1 Å². The molecule has 35 heavy (non-hydrogen) atoms. The monoisotopic (exact) mass is 460 g/mol. The van der Waals surface area contributed by atoms with Crippen molar-refractivity contribution < 1.29 is 10.2 Å². The summed E-state index contributed by atoms with van der Waals surface area (Å²) in [6.07, 6.45) is 4.21. The summed E-state index contributed by atoms with van der Waals surface area (Å²) in [4.78, 5) is 0. The quantitative estimate of drug-likeness (QED) is 0.302. The van der Waals surface area contributed by atoms with Crippen molar-refractivity contribution in [1.82, 2.24) is 0 Å². The molecule has 6 rings (SSSR count). The molecule has 2 aliphatic rings. The van der Waals surface area contributed by atoms with E-state index >= 15 is 0 Å². The van der Waals surface area contributed by atoms with Crippen molar-refractivity contribution in [3.8, 4) is 22.3 Å². The molecule has 2 N–H and O–H groups in total. The molecule has 0 saturated heterocycles. The summed E-state index contributed by atoms with van der Waals surface area (Å²) >= 11 is 0. The topological polar surface area (TPSA) is 40.5 Å². The lowest BCUT2D eigenvalue weighted by atomic mass is 9.60. The van der Waals surface area contributed by atoms with Crippen molar-refractivity contribution in [2.75, 3.05) is 13.2 Å². The second kappa shape index (κ2) is 8.78. The molecule has 0 spiro atoms. The first-order chi connectivity index (χ1) is 17.2. The van der Waals surface area contributed by atoms with Crippen LogP contribution in [0.5, 0.6) is 0 Å². The van der Waals surface area contributed by atoms with E-state index < -0.39 is 0 Å². The minimum absolute atomic E-state index is 0.183. The number of aliphatic hydroxyl groups is 2. The first-order valence-electron chi connectivity index (χ1n) is 12.9. The van der Waals surface area contributed by atoms with Crippen LogP contribution in [-0.4, -0.2) is 23.4 Å². The summed E-state index contributed by atoms with van der Waals surface area (Å²) < 4.78 is 0. The highest BCUT2D eigenvalue weighted by Crippen LogP contribution is 2.62. The van der Waals surface area contributed by atoms with Crippen LogP contribution >= 0.6 is 0 Å². The zero-order valence-corrected chi connectivity index (χ0v) is 20.1. The first kappa shape index (κ1) is 22.3. The molecule has 0 aromatic heterocycles. The average molecular weight is 461 g/mol. The van der Waals surface area contributed by atoms with Crippen molar-refractivity contribution in [3.63, 3.8) is 0 Å². The highest BCUT2D eigenvalue weighted by Gasteiger charge is 2.52. The minimum atomic E-state index is -0.212. The van der Waals surface area contributed by atoms with Crippen LogP contribution in [0, 0.1) is 0 Å². The van der Waals surface area contributed by atoms with Crippen molar-refractivity contribution >= 4 is 0 Å². The van der Waals surface area contributed by atoms with Gasteiger partial charge in [-0.3, -0.25) is 0 Å². The van der Waals surface area contributed by atoms with Crippen LogP contribution in [0.1, 0.15) is 54.4 Å². The van der Waals surface area contributed by atoms with Crippen LogP contribution in [0.2, 0.25) is 0 Å². The van der Waals surface area contributed by atoms with Gasteiger partial charge in [0, 0.05) is 24.0 Å². The highest BCUT2D eigenvalue weighted by atomic mass is 16.3. The maximum Gasteiger partial charge on any atom is 0.0431 e. The van der Waals surface area contributed by atoms with Crippen LogP contribution in [0.25, 0.3) is 22.3 Å². The summed E-state index contributed by atoms with van der Waals surface area (Å²) in [5.74, 6) is 0. The molecule has 0 bridgehead atoms. The van der Waals surface area contributed by atoms with Gasteiger partial charge in [-0.25, -0.2) is 0 Å². The summed E-state index contributed by atoms with van der Waals surface area (Å²) in [5, 5.41) is 20.0. The molecule has 0 fully saturated rings. The van der Waals surface area contributed by atoms with Gasteiger partial charge in [0.2, 0.25) is 0 Å². The van der Waals surface area contributed by atoms with E-state index in [1.165, 1.54) is 44.5 Å². The molecule has 0 amide bonds. The molecular weight excluding hydrogens is 428 g/mol. The van der Waals surface area contributed by atoms with Crippen LogP contribution in [0.15, 0.2) is 97.1 Å². The van der Waals surface area contributed by atoms with Gasteiger partial charge in [-0.15, -0.1) is 0 Å². The third-order valence-corrected chi connectivity index (χ3v) is 8.48. The van der Waals surface area contributed by atoms with E-state index in [-0.39, 0.29) is 24.0 Å². The standard InChI is InChI=1S/C33H32O2/c34-21-9-19-32(28-15-5-1-11-24(28)25-12-2-6-16-29(25)32)23-33(20-10-22-35)30-17-7-3-13-26(30)27-14-4-8-18-31(27)33/h1-8,11-18,34-35H,9-10,19-23H2. The Hall–Kier alpha value is -3.20. The normalized spacial score (nSPS) is 15.8. The van der Waals surface area contributed by atoms with Crippen LogP contribution in [-0.2, 0) is 10.8 Å². The van der Waals surface area contributed by atoms with Gasteiger partial charge in [-0.05, 0) is 76.6 Å². The summed E-state index contributed by atoms with van der Waals surface area (Å²) in [7, 11) is 0. The molecule has 0 saturated carbocycles. The van der Waals surface area contributed by atoms with Crippen LogP contribution < -0.4 is 0 Å².